The lowest BCUT2D eigenvalue weighted by atomic mass is 10.2. The van der Waals surface area contributed by atoms with Crippen molar-refractivity contribution in [2.24, 2.45) is 0 Å². The lowest BCUT2D eigenvalue weighted by Gasteiger charge is -2.16. The third kappa shape index (κ3) is 2.66. The summed E-state index contributed by atoms with van der Waals surface area (Å²) < 4.78 is 3.73. The Bertz CT molecular complexity index is 757. The van der Waals surface area contributed by atoms with Crippen LogP contribution >= 0.6 is 0 Å². The van der Waals surface area contributed by atoms with E-state index >= 15 is 0 Å². The molecule has 1 aliphatic carbocycles. The number of fused-ring (bicyclic) bond motifs is 1. The van der Waals surface area contributed by atoms with Gasteiger partial charge in [0.1, 0.15) is 6.33 Å². The van der Waals surface area contributed by atoms with Gasteiger partial charge in [-0.15, -0.1) is 10.2 Å². The number of nitrogens with one attached hydrogen (secondary N) is 1. The molecule has 4 rings (SSSR count). The van der Waals surface area contributed by atoms with E-state index in [0.717, 1.165) is 30.0 Å². The Morgan fingerprint density at radius 1 is 1.41 bits per heavy atom. The van der Waals surface area contributed by atoms with Crippen LogP contribution in [0.4, 0.5) is 5.69 Å². The van der Waals surface area contributed by atoms with Gasteiger partial charge in [-0.2, -0.15) is 14.7 Å². The first-order valence-corrected chi connectivity index (χ1v) is 7.74. The second kappa shape index (κ2) is 5.40. The highest BCUT2D eigenvalue weighted by molar-refractivity contribution is 5.67. The molecule has 3 aromatic rings. The van der Waals surface area contributed by atoms with Gasteiger partial charge >= 0.3 is 0 Å². The van der Waals surface area contributed by atoms with Crippen LogP contribution in [0.3, 0.4) is 0 Å². The predicted molar refractivity (Wildman–Crippen MR) is 82.7 cm³/mol. The van der Waals surface area contributed by atoms with Crippen LogP contribution in [0.25, 0.3) is 5.65 Å². The van der Waals surface area contributed by atoms with Crippen molar-refractivity contribution in [3.05, 3.63) is 36.5 Å². The SMILES string of the molecule is CC(CCn1cccn1)Nc1cc(C2CC2)nn2cnnc12. The van der Waals surface area contributed by atoms with Crippen LogP contribution in [-0.4, -0.2) is 35.6 Å². The topological polar surface area (TPSA) is 72.9 Å². The van der Waals surface area contributed by atoms with Gasteiger partial charge in [0.05, 0.1) is 11.4 Å². The molecule has 1 saturated carbocycles. The smallest absolute Gasteiger partial charge is 0.200 e. The molecule has 0 aliphatic heterocycles. The fourth-order valence-corrected chi connectivity index (χ4v) is 2.63. The summed E-state index contributed by atoms with van der Waals surface area (Å²) in [5.74, 6) is 0.603. The molecule has 114 valence electrons. The number of rotatable bonds is 6. The van der Waals surface area contributed by atoms with Crippen LogP contribution in [0.2, 0.25) is 0 Å². The zero-order chi connectivity index (χ0) is 14.9. The molecule has 0 bridgehead atoms. The van der Waals surface area contributed by atoms with Gasteiger partial charge in [0.2, 0.25) is 5.65 Å². The van der Waals surface area contributed by atoms with E-state index in [1.54, 1.807) is 10.8 Å². The van der Waals surface area contributed by atoms with Crippen molar-refractivity contribution < 1.29 is 0 Å². The van der Waals surface area contributed by atoms with E-state index in [1.165, 1.54) is 12.8 Å². The van der Waals surface area contributed by atoms with Crippen LogP contribution in [0.1, 0.15) is 37.8 Å². The molecular formula is C15H19N7. The van der Waals surface area contributed by atoms with Gasteiger partial charge < -0.3 is 5.32 Å². The Morgan fingerprint density at radius 3 is 3.09 bits per heavy atom. The third-order valence-corrected chi connectivity index (χ3v) is 4.03. The maximum absolute atomic E-state index is 4.59. The molecule has 1 atom stereocenters. The molecule has 0 spiro atoms. The molecule has 1 unspecified atom stereocenters. The number of nitrogens with zero attached hydrogens (tertiary/aromatic N) is 6. The summed E-state index contributed by atoms with van der Waals surface area (Å²) in [6.45, 7) is 3.07. The monoisotopic (exact) mass is 297 g/mol. The summed E-state index contributed by atoms with van der Waals surface area (Å²) in [5, 5.41) is 20.5. The van der Waals surface area contributed by atoms with Gasteiger partial charge in [-0.1, -0.05) is 0 Å². The molecule has 22 heavy (non-hydrogen) atoms. The Kier molecular flexibility index (Phi) is 3.25. The van der Waals surface area contributed by atoms with Crippen molar-refractivity contribution in [2.45, 2.75) is 44.7 Å². The van der Waals surface area contributed by atoms with Gasteiger partial charge in [0.15, 0.2) is 0 Å². The Hall–Kier alpha value is -2.44. The molecule has 0 aromatic carbocycles. The van der Waals surface area contributed by atoms with Gasteiger partial charge in [0.25, 0.3) is 0 Å². The van der Waals surface area contributed by atoms with E-state index < -0.39 is 0 Å². The Morgan fingerprint density at radius 2 is 2.32 bits per heavy atom. The fraction of sp³-hybridized carbons (Fsp3) is 0.467. The zero-order valence-electron chi connectivity index (χ0n) is 12.6. The summed E-state index contributed by atoms with van der Waals surface area (Å²) in [5.41, 5.74) is 2.94. The number of hydrogen-bond acceptors (Lipinski definition) is 5. The maximum Gasteiger partial charge on any atom is 0.200 e. The first kappa shape index (κ1) is 13.2. The molecule has 1 N–H and O–H groups in total. The van der Waals surface area contributed by atoms with Crippen LogP contribution in [-0.2, 0) is 6.54 Å². The molecule has 1 aliphatic rings. The highest BCUT2D eigenvalue weighted by Gasteiger charge is 2.26. The zero-order valence-corrected chi connectivity index (χ0v) is 12.6. The highest BCUT2D eigenvalue weighted by Crippen LogP contribution is 2.39. The van der Waals surface area contributed by atoms with E-state index in [-0.39, 0.29) is 0 Å². The highest BCUT2D eigenvalue weighted by atomic mass is 15.3. The molecule has 0 amide bonds. The van der Waals surface area contributed by atoms with Gasteiger partial charge in [0, 0.05) is 30.9 Å². The molecule has 3 aromatic heterocycles. The quantitative estimate of drug-likeness (QED) is 0.754. The van der Waals surface area contributed by atoms with Crippen molar-refractivity contribution in [3.63, 3.8) is 0 Å². The van der Waals surface area contributed by atoms with E-state index in [4.69, 9.17) is 0 Å². The lowest BCUT2D eigenvalue weighted by molar-refractivity contribution is 0.545. The minimum Gasteiger partial charge on any atom is -0.379 e. The normalized spacial score (nSPS) is 16.0. The van der Waals surface area contributed by atoms with Crippen LogP contribution in [0, 0.1) is 0 Å². The first-order valence-electron chi connectivity index (χ1n) is 7.74. The van der Waals surface area contributed by atoms with E-state index in [0.29, 0.717) is 12.0 Å². The second-order valence-electron chi connectivity index (χ2n) is 5.96. The van der Waals surface area contributed by atoms with Gasteiger partial charge in [-0.3, -0.25) is 4.68 Å². The number of hydrogen-bond donors (Lipinski definition) is 1. The predicted octanol–water partition coefficient (Wildman–Crippen LogP) is 2.09. The van der Waals surface area contributed by atoms with Crippen molar-refractivity contribution in [2.75, 3.05) is 5.32 Å². The summed E-state index contributed by atoms with van der Waals surface area (Å²) in [6, 6.07) is 4.40. The molecular weight excluding hydrogens is 278 g/mol. The van der Waals surface area contributed by atoms with Crippen LogP contribution < -0.4 is 5.32 Å². The van der Waals surface area contributed by atoms with Gasteiger partial charge in [-0.25, -0.2) is 0 Å². The van der Waals surface area contributed by atoms with E-state index in [2.05, 4.69) is 38.7 Å². The fourth-order valence-electron chi connectivity index (χ4n) is 2.63. The molecule has 0 radical (unpaired) electrons. The number of aromatic nitrogens is 6. The first-order chi connectivity index (χ1) is 10.8. The van der Waals surface area contributed by atoms with E-state index in [9.17, 15) is 0 Å². The average Bonchev–Trinajstić information content (AvgIpc) is 3.04. The van der Waals surface area contributed by atoms with Crippen LogP contribution in [0.15, 0.2) is 30.9 Å². The molecule has 3 heterocycles. The minimum absolute atomic E-state index is 0.319. The second-order valence-corrected chi connectivity index (χ2v) is 5.96. The summed E-state index contributed by atoms with van der Waals surface area (Å²) in [7, 11) is 0. The maximum atomic E-state index is 4.59. The standard InChI is InChI=1S/C15H19N7/c1-11(5-8-21-7-2-6-17-21)18-14-9-13(12-3-4-12)20-22-10-16-19-15(14)22/h2,6-7,9-12,18H,3-5,8H2,1H3. The Labute approximate surface area is 128 Å². The molecule has 7 heteroatoms. The van der Waals surface area contributed by atoms with Crippen molar-refractivity contribution in [3.8, 4) is 0 Å². The van der Waals surface area contributed by atoms with E-state index in [1.807, 2.05) is 23.1 Å². The number of aryl methyl sites for hydroxylation is 1. The summed E-state index contributed by atoms with van der Waals surface area (Å²) >= 11 is 0. The third-order valence-electron chi connectivity index (χ3n) is 4.03. The lowest BCUT2D eigenvalue weighted by Crippen LogP contribution is -2.19. The Balaban J connectivity index is 1.51. The minimum atomic E-state index is 0.319. The summed E-state index contributed by atoms with van der Waals surface area (Å²) in [4.78, 5) is 0. The summed E-state index contributed by atoms with van der Waals surface area (Å²) in [6.07, 6.45) is 8.91. The molecule has 1 fully saturated rings. The van der Waals surface area contributed by atoms with Gasteiger partial charge in [-0.05, 0) is 38.3 Å². The van der Waals surface area contributed by atoms with Crippen LogP contribution in [0.5, 0.6) is 0 Å². The number of anilines is 1. The molecule has 7 nitrogen and oxygen atoms in total. The van der Waals surface area contributed by atoms with Crippen molar-refractivity contribution >= 4 is 11.3 Å². The largest absolute Gasteiger partial charge is 0.379 e. The average molecular weight is 297 g/mol. The molecule has 0 saturated heterocycles. The van der Waals surface area contributed by atoms with Crippen molar-refractivity contribution in [1.29, 1.82) is 0 Å². The van der Waals surface area contributed by atoms with Crippen molar-refractivity contribution in [1.82, 2.24) is 29.6 Å².